The molecule has 5 nitrogen and oxygen atoms in total. The second-order valence-corrected chi connectivity index (χ2v) is 6.46. The molecule has 0 saturated heterocycles. The van der Waals surface area contributed by atoms with Gasteiger partial charge in [0.1, 0.15) is 17.3 Å². The van der Waals surface area contributed by atoms with Crippen LogP contribution in [0, 0.1) is 6.92 Å². The number of anilines is 2. The number of amides is 1. The van der Waals surface area contributed by atoms with Gasteiger partial charge in [-0.05, 0) is 52.0 Å². The third-order valence-electron chi connectivity index (χ3n) is 2.68. The van der Waals surface area contributed by atoms with Crippen LogP contribution in [0.4, 0.5) is 11.5 Å². The fraction of sp³-hybridized carbons (Fsp3) is 0.312. The van der Waals surface area contributed by atoms with E-state index < -0.39 is 0 Å². The number of hydrogen-bond acceptors (Lipinski definition) is 4. The van der Waals surface area contributed by atoms with Crippen molar-refractivity contribution in [3.8, 4) is 0 Å². The van der Waals surface area contributed by atoms with Gasteiger partial charge in [-0.2, -0.15) is 0 Å². The third kappa shape index (κ3) is 4.70. The van der Waals surface area contributed by atoms with Crippen LogP contribution in [0.25, 0.3) is 0 Å². The fourth-order valence-corrected chi connectivity index (χ4v) is 1.96. The SMILES string of the molecule is Cc1nc(Nc2ccc(Cl)cc2)cc(C(=O)NC(C)(C)C)n1. The molecule has 0 atom stereocenters. The number of nitrogens with one attached hydrogen (secondary N) is 2. The molecule has 0 aliphatic carbocycles. The molecule has 0 aliphatic heterocycles. The molecule has 0 aliphatic rings. The first-order chi connectivity index (χ1) is 10.2. The lowest BCUT2D eigenvalue weighted by molar-refractivity contribution is 0.0914. The second-order valence-electron chi connectivity index (χ2n) is 6.02. The zero-order valence-corrected chi connectivity index (χ0v) is 13.8. The fourth-order valence-electron chi connectivity index (χ4n) is 1.83. The van der Waals surface area contributed by atoms with E-state index in [1.807, 2.05) is 32.9 Å². The van der Waals surface area contributed by atoms with Crippen LogP contribution in [0.3, 0.4) is 0 Å². The third-order valence-corrected chi connectivity index (χ3v) is 2.93. The van der Waals surface area contributed by atoms with E-state index in [0.29, 0.717) is 22.4 Å². The number of nitrogens with zero attached hydrogens (tertiary/aromatic N) is 2. The number of hydrogen-bond donors (Lipinski definition) is 2. The molecular formula is C16H19ClN4O. The average Bonchev–Trinajstić information content (AvgIpc) is 2.39. The van der Waals surface area contributed by atoms with Gasteiger partial charge in [0.25, 0.3) is 5.91 Å². The molecule has 0 bridgehead atoms. The average molecular weight is 319 g/mol. The van der Waals surface area contributed by atoms with Crippen molar-refractivity contribution < 1.29 is 4.79 Å². The molecule has 0 fully saturated rings. The Morgan fingerprint density at radius 1 is 1.14 bits per heavy atom. The van der Waals surface area contributed by atoms with Crippen LogP contribution in [0.2, 0.25) is 5.02 Å². The minimum Gasteiger partial charge on any atom is -0.346 e. The van der Waals surface area contributed by atoms with Crippen LogP contribution in [0.15, 0.2) is 30.3 Å². The van der Waals surface area contributed by atoms with Crippen LogP contribution in [-0.2, 0) is 0 Å². The largest absolute Gasteiger partial charge is 0.346 e. The quantitative estimate of drug-likeness (QED) is 0.905. The summed E-state index contributed by atoms with van der Waals surface area (Å²) in [5.74, 6) is 0.865. The Labute approximate surface area is 135 Å². The standard InChI is InChI=1S/C16H19ClN4O/c1-10-18-13(15(22)21-16(2,3)4)9-14(19-10)20-12-7-5-11(17)6-8-12/h5-9H,1-4H3,(H,21,22)(H,18,19,20). The molecule has 116 valence electrons. The summed E-state index contributed by atoms with van der Waals surface area (Å²) >= 11 is 5.86. The van der Waals surface area contributed by atoms with Crippen LogP contribution in [0.1, 0.15) is 37.1 Å². The summed E-state index contributed by atoms with van der Waals surface area (Å²) in [6.45, 7) is 7.52. The van der Waals surface area contributed by atoms with Crippen LogP contribution in [-0.4, -0.2) is 21.4 Å². The lowest BCUT2D eigenvalue weighted by Gasteiger charge is -2.20. The van der Waals surface area contributed by atoms with Gasteiger partial charge in [-0.1, -0.05) is 11.6 Å². The maximum absolute atomic E-state index is 12.2. The molecule has 0 radical (unpaired) electrons. The summed E-state index contributed by atoms with van der Waals surface area (Å²) in [7, 11) is 0. The van der Waals surface area contributed by atoms with Crippen LogP contribution in [0.5, 0.6) is 0 Å². The molecule has 22 heavy (non-hydrogen) atoms. The van der Waals surface area contributed by atoms with E-state index in [1.165, 1.54) is 0 Å². The number of aromatic nitrogens is 2. The summed E-state index contributed by atoms with van der Waals surface area (Å²) in [5, 5.41) is 6.69. The van der Waals surface area contributed by atoms with E-state index >= 15 is 0 Å². The van der Waals surface area contributed by atoms with Gasteiger partial charge in [-0.3, -0.25) is 4.79 Å². The molecule has 1 aromatic carbocycles. The van der Waals surface area contributed by atoms with Gasteiger partial charge in [0, 0.05) is 22.3 Å². The first-order valence-corrected chi connectivity index (χ1v) is 7.31. The van der Waals surface area contributed by atoms with E-state index in [-0.39, 0.29) is 11.4 Å². The Morgan fingerprint density at radius 3 is 2.36 bits per heavy atom. The van der Waals surface area contributed by atoms with Crippen molar-refractivity contribution in [1.29, 1.82) is 0 Å². The molecule has 6 heteroatoms. The number of carbonyl (C=O) groups excluding carboxylic acids is 1. The van der Waals surface area contributed by atoms with Crippen LogP contribution < -0.4 is 10.6 Å². The van der Waals surface area contributed by atoms with E-state index in [4.69, 9.17) is 11.6 Å². The summed E-state index contributed by atoms with van der Waals surface area (Å²) in [6.07, 6.45) is 0. The lowest BCUT2D eigenvalue weighted by atomic mass is 10.1. The Kier molecular flexibility index (Phi) is 4.66. The smallest absolute Gasteiger partial charge is 0.270 e. The predicted octanol–water partition coefficient (Wildman–Crippen LogP) is 3.71. The summed E-state index contributed by atoms with van der Waals surface area (Å²) in [6, 6.07) is 8.88. The highest BCUT2D eigenvalue weighted by Gasteiger charge is 2.17. The zero-order chi connectivity index (χ0) is 16.3. The van der Waals surface area contributed by atoms with Crippen molar-refractivity contribution in [2.75, 3.05) is 5.32 Å². The number of benzene rings is 1. The van der Waals surface area contributed by atoms with Gasteiger partial charge in [0.05, 0.1) is 0 Å². The van der Waals surface area contributed by atoms with Crippen LogP contribution >= 0.6 is 11.6 Å². The Balaban J connectivity index is 2.23. The summed E-state index contributed by atoms with van der Waals surface area (Å²) < 4.78 is 0. The highest BCUT2D eigenvalue weighted by atomic mass is 35.5. The van der Waals surface area contributed by atoms with Gasteiger partial charge < -0.3 is 10.6 Å². The lowest BCUT2D eigenvalue weighted by Crippen LogP contribution is -2.41. The summed E-state index contributed by atoms with van der Waals surface area (Å²) in [5.41, 5.74) is 0.850. The molecule has 0 saturated carbocycles. The van der Waals surface area contributed by atoms with E-state index in [9.17, 15) is 4.79 Å². The molecule has 1 amide bonds. The Morgan fingerprint density at radius 2 is 1.77 bits per heavy atom. The highest BCUT2D eigenvalue weighted by Crippen LogP contribution is 2.18. The Bertz CT molecular complexity index is 678. The molecular weight excluding hydrogens is 300 g/mol. The number of halogens is 1. The monoisotopic (exact) mass is 318 g/mol. The van der Waals surface area contributed by atoms with Crippen molar-refractivity contribution in [3.63, 3.8) is 0 Å². The van der Waals surface area contributed by atoms with Gasteiger partial charge in [-0.15, -0.1) is 0 Å². The second kappa shape index (κ2) is 6.32. The zero-order valence-electron chi connectivity index (χ0n) is 13.1. The van der Waals surface area contributed by atoms with Crippen molar-refractivity contribution in [2.24, 2.45) is 0 Å². The first-order valence-electron chi connectivity index (χ1n) is 6.94. The van der Waals surface area contributed by atoms with Crippen molar-refractivity contribution in [3.05, 3.63) is 46.9 Å². The molecule has 1 heterocycles. The first kappa shape index (κ1) is 16.2. The van der Waals surface area contributed by atoms with Gasteiger partial charge in [0.15, 0.2) is 0 Å². The van der Waals surface area contributed by atoms with E-state index in [1.54, 1.807) is 25.1 Å². The molecule has 0 spiro atoms. The minimum absolute atomic E-state index is 0.225. The normalized spacial score (nSPS) is 11.1. The van der Waals surface area contributed by atoms with Crippen molar-refractivity contribution >= 4 is 29.0 Å². The van der Waals surface area contributed by atoms with E-state index in [2.05, 4.69) is 20.6 Å². The summed E-state index contributed by atoms with van der Waals surface area (Å²) in [4.78, 5) is 20.7. The highest BCUT2D eigenvalue weighted by molar-refractivity contribution is 6.30. The molecule has 1 aromatic heterocycles. The van der Waals surface area contributed by atoms with Gasteiger partial charge >= 0.3 is 0 Å². The minimum atomic E-state index is -0.320. The number of carbonyl (C=O) groups is 1. The van der Waals surface area contributed by atoms with Crippen molar-refractivity contribution in [1.82, 2.24) is 15.3 Å². The van der Waals surface area contributed by atoms with Gasteiger partial charge in [-0.25, -0.2) is 9.97 Å². The maximum Gasteiger partial charge on any atom is 0.270 e. The molecule has 2 aromatic rings. The van der Waals surface area contributed by atoms with Gasteiger partial charge in [0.2, 0.25) is 0 Å². The molecule has 2 rings (SSSR count). The number of aryl methyl sites for hydroxylation is 1. The Hall–Kier alpha value is -2.14. The maximum atomic E-state index is 12.2. The predicted molar refractivity (Wildman–Crippen MR) is 88.7 cm³/mol. The molecule has 0 unspecified atom stereocenters. The number of rotatable bonds is 3. The van der Waals surface area contributed by atoms with E-state index in [0.717, 1.165) is 5.69 Å². The topological polar surface area (TPSA) is 66.9 Å². The molecule has 2 N–H and O–H groups in total. The van der Waals surface area contributed by atoms with Crippen molar-refractivity contribution in [2.45, 2.75) is 33.2 Å².